The van der Waals surface area contributed by atoms with E-state index in [4.69, 9.17) is 4.42 Å². The molecule has 0 atom stereocenters. The summed E-state index contributed by atoms with van der Waals surface area (Å²) in [5, 5.41) is 7.32. The molecule has 0 N–H and O–H groups in total. The summed E-state index contributed by atoms with van der Waals surface area (Å²) in [5.41, 5.74) is 9.74. The molecule has 0 aliphatic heterocycles. The van der Waals surface area contributed by atoms with Crippen LogP contribution >= 0.6 is 11.3 Å². The summed E-state index contributed by atoms with van der Waals surface area (Å²) in [6.45, 7) is 0. The normalized spacial score (nSPS) is 11.7. The first kappa shape index (κ1) is 27.9. The van der Waals surface area contributed by atoms with E-state index in [9.17, 15) is 0 Å². The third-order valence-electron chi connectivity index (χ3n) is 9.66. The van der Waals surface area contributed by atoms with Gasteiger partial charge in [-0.1, -0.05) is 115 Å². The minimum Gasteiger partial charge on any atom is -0.456 e. The SMILES string of the molecule is c1cc(-c2ccc3sc4ccccc4c3c2)cc(N(c2ccc3c(c2)oc2ccccc23)c2ccccc2-c2cccc3ccccc23)c1. The largest absolute Gasteiger partial charge is 0.456 e. The van der Waals surface area contributed by atoms with Crippen molar-refractivity contribution in [3.63, 3.8) is 0 Å². The van der Waals surface area contributed by atoms with E-state index in [2.05, 4.69) is 169 Å². The maximum Gasteiger partial charge on any atom is 0.137 e. The highest BCUT2D eigenvalue weighted by molar-refractivity contribution is 7.25. The smallest absolute Gasteiger partial charge is 0.137 e. The van der Waals surface area contributed by atoms with Crippen LogP contribution in [0.15, 0.2) is 180 Å². The molecule has 2 nitrogen and oxygen atoms in total. The van der Waals surface area contributed by atoms with Crippen molar-refractivity contribution >= 4 is 81.3 Å². The predicted molar refractivity (Wildman–Crippen MR) is 210 cm³/mol. The summed E-state index contributed by atoms with van der Waals surface area (Å²) >= 11 is 1.85. The molecule has 0 fully saturated rings. The highest BCUT2D eigenvalue weighted by Gasteiger charge is 2.20. The van der Waals surface area contributed by atoms with Crippen LogP contribution in [0.25, 0.3) is 75.1 Å². The summed E-state index contributed by atoms with van der Waals surface area (Å²) in [6.07, 6.45) is 0. The molecule has 0 aliphatic carbocycles. The highest BCUT2D eigenvalue weighted by Crippen LogP contribution is 2.45. The number of nitrogens with zero attached hydrogens (tertiary/aromatic N) is 1. The lowest BCUT2D eigenvalue weighted by molar-refractivity contribution is 0.669. The second-order valence-electron chi connectivity index (χ2n) is 12.5. The summed E-state index contributed by atoms with van der Waals surface area (Å²) in [5.74, 6) is 0. The predicted octanol–water partition coefficient (Wildman–Crippen LogP) is 13.9. The van der Waals surface area contributed by atoms with Crippen LogP contribution in [-0.4, -0.2) is 0 Å². The van der Waals surface area contributed by atoms with Gasteiger partial charge >= 0.3 is 0 Å². The van der Waals surface area contributed by atoms with Gasteiger partial charge in [-0.05, 0) is 82.1 Å². The monoisotopic (exact) mass is 643 g/mol. The quantitative estimate of drug-likeness (QED) is 0.186. The zero-order valence-electron chi connectivity index (χ0n) is 26.5. The molecule has 2 aromatic heterocycles. The van der Waals surface area contributed by atoms with Gasteiger partial charge in [0.2, 0.25) is 0 Å². The molecule has 0 bridgehead atoms. The van der Waals surface area contributed by atoms with Gasteiger partial charge in [-0.2, -0.15) is 0 Å². The highest BCUT2D eigenvalue weighted by atomic mass is 32.1. The van der Waals surface area contributed by atoms with Crippen molar-refractivity contribution in [2.75, 3.05) is 4.90 Å². The summed E-state index contributed by atoms with van der Waals surface area (Å²) in [4.78, 5) is 2.38. The van der Waals surface area contributed by atoms with Gasteiger partial charge in [0.05, 0.1) is 5.69 Å². The van der Waals surface area contributed by atoms with Crippen LogP contribution in [0.5, 0.6) is 0 Å². The van der Waals surface area contributed by atoms with E-state index >= 15 is 0 Å². The fraction of sp³-hybridized carbons (Fsp3) is 0. The molecule has 0 spiro atoms. The minimum absolute atomic E-state index is 0.872. The maximum absolute atomic E-state index is 6.42. The Morgan fingerprint density at radius 2 is 1.06 bits per heavy atom. The Balaban J connectivity index is 1.19. The van der Waals surface area contributed by atoms with Crippen LogP contribution < -0.4 is 4.90 Å². The standard InChI is InChI=1S/C46H29NOS/c1-2-15-35-30(11-1)12-10-19-36(35)37-16-3-6-20-42(37)47(34-24-25-39-38-17-4-7-21-43(38)48-44(39)29-34)33-14-9-13-31(27-33)32-23-26-46-41(28-32)40-18-5-8-22-45(40)49-46/h1-29H. The zero-order valence-corrected chi connectivity index (χ0v) is 27.3. The number of hydrogen-bond acceptors (Lipinski definition) is 3. The van der Waals surface area contributed by atoms with Gasteiger partial charge in [-0.15, -0.1) is 11.3 Å². The molecule has 10 rings (SSSR count). The van der Waals surface area contributed by atoms with E-state index in [-0.39, 0.29) is 0 Å². The number of para-hydroxylation sites is 2. The first-order chi connectivity index (χ1) is 24.3. The topological polar surface area (TPSA) is 16.4 Å². The van der Waals surface area contributed by atoms with Crippen molar-refractivity contribution in [2.45, 2.75) is 0 Å². The number of thiophene rings is 1. The van der Waals surface area contributed by atoms with E-state index < -0.39 is 0 Å². The first-order valence-corrected chi connectivity index (χ1v) is 17.4. The maximum atomic E-state index is 6.42. The molecule has 3 heteroatoms. The average molecular weight is 644 g/mol. The van der Waals surface area contributed by atoms with Gasteiger partial charge in [0.25, 0.3) is 0 Å². The molecule has 0 saturated carbocycles. The van der Waals surface area contributed by atoms with Gasteiger partial charge < -0.3 is 9.32 Å². The fourth-order valence-electron chi connectivity index (χ4n) is 7.37. The molecule has 8 aromatic carbocycles. The Bertz CT molecular complexity index is 2850. The lowest BCUT2D eigenvalue weighted by Gasteiger charge is -2.28. The zero-order chi connectivity index (χ0) is 32.3. The van der Waals surface area contributed by atoms with Crippen LogP contribution in [0, 0.1) is 0 Å². The number of fused-ring (bicyclic) bond motifs is 7. The molecular formula is C46H29NOS. The second-order valence-corrected chi connectivity index (χ2v) is 13.6. The molecule has 0 saturated heterocycles. The van der Waals surface area contributed by atoms with Gasteiger partial charge in [0.15, 0.2) is 0 Å². The van der Waals surface area contributed by atoms with E-state index in [0.717, 1.165) is 39.0 Å². The molecule has 0 aliphatic rings. The molecule has 49 heavy (non-hydrogen) atoms. The summed E-state index contributed by atoms with van der Waals surface area (Å²) in [7, 11) is 0. The lowest BCUT2D eigenvalue weighted by Crippen LogP contribution is -2.11. The van der Waals surface area contributed by atoms with Crippen molar-refractivity contribution in [1.29, 1.82) is 0 Å². The minimum atomic E-state index is 0.872. The third-order valence-corrected chi connectivity index (χ3v) is 10.8. The van der Waals surface area contributed by atoms with Crippen LogP contribution in [-0.2, 0) is 0 Å². The molecule has 10 aromatic rings. The fourth-order valence-corrected chi connectivity index (χ4v) is 8.45. The van der Waals surface area contributed by atoms with Gasteiger partial charge in [-0.3, -0.25) is 0 Å². The second kappa shape index (κ2) is 11.2. The van der Waals surface area contributed by atoms with Crippen molar-refractivity contribution in [2.24, 2.45) is 0 Å². The van der Waals surface area contributed by atoms with Crippen molar-refractivity contribution in [3.8, 4) is 22.3 Å². The third kappa shape index (κ3) is 4.62. The van der Waals surface area contributed by atoms with Crippen molar-refractivity contribution in [3.05, 3.63) is 176 Å². The number of anilines is 3. The molecular weight excluding hydrogens is 615 g/mol. The lowest BCUT2D eigenvalue weighted by atomic mass is 9.96. The Hall–Kier alpha value is -6.16. The van der Waals surface area contributed by atoms with Crippen molar-refractivity contribution in [1.82, 2.24) is 0 Å². The van der Waals surface area contributed by atoms with E-state index in [1.165, 1.54) is 53.2 Å². The Labute approximate surface area is 287 Å². The first-order valence-electron chi connectivity index (χ1n) is 16.6. The van der Waals surface area contributed by atoms with Crippen LogP contribution in [0.4, 0.5) is 17.1 Å². The van der Waals surface area contributed by atoms with Crippen LogP contribution in [0.1, 0.15) is 0 Å². The molecule has 0 amide bonds. The van der Waals surface area contributed by atoms with Gasteiger partial charge in [0, 0.05) is 53.9 Å². The Morgan fingerprint density at radius 1 is 0.388 bits per heavy atom. The molecule has 0 radical (unpaired) electrons. The summed E-state index contributed by atoms with van der Waals surface area (Å²) < 4.78 is 9.05. The van der Waals surface area contributed by atoms with E-state index in [1.807, 2.05) is 23.5 Å². The van der Waals surface area contributed by atoms with E-state index in [0.29, 0.717) is 0 Å². The van der Waals surface area contributed by atoms with Crippen LogP contribution in [0.3, 0.4) is 0 Å². The number of hydrogen-bond donors (Lipinski definition) is 0. The average Bonchev–Trinajstić information content (AvgIpc) is 3.73. The van der Waals surface area contributed by atoms with Gasteiger partial charge in [-0.25, -0.2) is 0 Å². The van der Waals surface area contributed by atoms with Gasteiger partial charge in [0.1, 0.15) is 11.2 Å². The Morgan fingerprint density at radius 3 is 2.02 bits per heavy atom. The molecule has 2 heterocycles. The van der Waals surface area contributed by atoms with E-state index in [1.54, 1.807) is 0 Å². The Kier molecular flexibility index (Phi) is 6.39. The number of furan rings is 1. The van der Waals surface area contributed by atoms with Crippen molar-refractivity contribution < 1.29 is 4.42 Å². The number of benzene rings is 8. The molecule has 0 unspecified atom stereocenters. The number of rotatable bonds is 5. The van der Waals surface area contributed by atoms with Crippen LogP contribution in [0.2, 0.25) is 0 Å². The summed E-state index contributed by atoms with van der Waals surface area (Å²) in [6, 6.07) is 63.3. The molecule has 230 valence electrons.